The van der Waals surface area contributed by atoms with Crippen LogP contribution in [0.1, 0.15) is 45.1 Å². The predicted octanol–water partition coefficient (Wildman–Crippen LogP) is 4.24. The average Bonchev–Trinajstić information content (AvgIpc) is 3.39. The smallest absolute Gasteiger partial charge is 0.257 e. The van der Waals surface area contributed by atoms with Gasteiger partial charge in [-0.05, 0) is 68.2 Å². The van der Waals surface area contributed by atoms with Crippen LogP contribution in [0.15, 0.2) is 54.1 Å². The van der Waals surface area contributed by atoms with Crippen LogP contribution in [0, 0.1) is 28.6 Å². The number of hydroxylamine groups is 2. The minimum absolute atomic E-state index is 0.0141. The van der Waals surface area contributed by atoms with Crippen LogP contribution in [0.5, 0.6) is 0 Å². The summed E-state index contributed by atoms with van der Waals surface area (Å²) in [7, 11) is 3.40. The second-order valence-electron chi connectivity index (χ2n) is 13.3. The first kappa shape index (κ1) is 27.7. The molecule has 1 heterocycles. The van der Waals surface area contributed by atoms with E-state index in [1.54, 1.807) is 21.0 Å². The number of hydrogen-bond acceptors (Lipinski definition) is 5. The van der Waals surface area contributed by atoms with E-state index in [0.717, 1.165) is 12.8 Å². The first-order valence-corrected chi connectivity index (χ1v) is 14.5. The molecule has 0 spiro atoms. The maximum Gasteiger partial charge on any atom is 0.257 e. The van der Waals surface area contributed by atoms with Crippen LogP contribution in [-0.4, -0.2) is 77.5 Å². The minimum atomic E-state index is -2.17. The molecule has 0 bridgehead atoms. The summed E-state index contributed by atoms with van der Waals surface area (Å²) in [5.74, 6) is -1.96. The molecular formula is C32H40F2N2O4. The number of ketones is 1. The molecule has 216 valence electrons. The Morgan fingerprint density at radius 3 is 2.60 bits per heavy atom. The Hall–Kier alpha value is -2.42. The fourth-order valence-electron chi connectivity index (χ4n) is 9.25. The molecule has 0 aromatic heterocycles. The van der Waals surface area contributed by atoms with E-state index in [-0.39, 0.29) is 41.9 Å². The lowest BCUT2D eigenvalue weighted by molar-refractivity contribution is -0.270. The van der Waals surface area contributed by atoms with Gasteiger partial charge >= 0.3 is 0 Å². The Bertz CT molecular complexity index is 1270. The number of aryl methyl sites for hydroxylation is 1. The molecule has 1 N–H and O–H groups in total. The molecule has 40 heavy (non-hydrogen) atoms. The first-order chi connectivity index (χ1) is 18.9. The van der Waals surface area contributed by atoms with Gasteiger partial charge in [-0.3, -0.25) is 14.4 Å². The van der Waals surface area contributed by atoms with E-state index in [4.69, 9.17) is 4.84 Å². The number of benzene rings is 1. The molecule has 5 aliphatic rings. The van der Waals surface area contributed by atoms with E-state index >= 15 is 8.78 Å². The van der Waals surface area contributed by atoms with Crippen LogP contribution >= 0.6 is 0 Å². The Morgan fingerprint density at radius 2 is 1.90 bits per heavy atom. The van der Waals surface area contributed by atoms with Crippen LogP contribution in [0.4, 0.5) is 8.78 Å². The highest BCUT2D eigenvalue weighted by Gasteiger charge is 2.79. The summed E-state index contributed by atoms with van der Waals surface area (Å²) >= 11 is 0. The quantitative estimate of drug-likeness (QED) is 0.590. The molecule has 6 nitrogen and oxygen atoms in total. The Kier molecular flexibility index (Phi) is 6.45. The molecule has 0 radical (unpaired) electrons. The predicted molar refractivity (Wildman–Crippen MR) is 146 cm³/mol. The van der Waals surface area contributed by atoms with Gasteiger partial charge in [-0.2, -0.15) is 5.06 Å². The Labute approximate surface area is 235 Å². The lowest BCUT2D eigenvalue weighted by Gasteiger charge is -2.63. The zero-order chi connectivity index (χ0) is 28.7. The van der Waals surface area contributed by atoms with E-state index in [1.807, 2.05) is 30.2 Å². The van der Waals surface area contributed by atoms with Gasteiger partial charge in [0.1, 0.15) is 6.17 Å². The van der Waals surface area contributed by atoms with Gasteiger partial charge < -0.3 is 10.0 Å². The van der Waals surface area contributed by atoms with Crippen molar-refractivity contribution in [2.24, 2.45) is 28.6 Å². The average molecular weight is 555 g/mol. The van der Waals surface area contributed by atoms with E-state index in [9.17, 15) is 14.7 Å². The number of alkyl halides is 2. The molecule has 1 aliphatic heterocycles. The van der Waals surface area contributed by atoms with Gasteiger partial charge in [0, 0.05) is 49.9 Å². The number of allylic oxidation sites excluding steroid dienone is 4. The van der Waals surface area contributed by atoms with Gasteiger partial charge in [-0.15, -0.1) is 0 Å². The Morgan fingerprint density at radius 1 is 1.18 bits per heavy atom. The van der Waals surface area contributed by atoms with Crippen molar-refractivity contribution < 1.29 is 28.3 Å². The molecule has 3 saturated carbocycles. The number of hydrogen-bond donors (Lipinski definition) is 1. The molecule has 4 fully saturated rings. The number of carbonyl (C=O) groups excluding carboxylic acids is 2. The zero-order valence-electron chi connectivity index (χ0n) is 23.8. The third-order valence-electron chi connectivity index (χ3n) is 11.1. The molecule has 1 aromatic carbocycles. The normalized spacial score (nSPS) is 43.9. The van der Waals surface area contributed by atoms with Crippen molar-refractivity contribution in [1.82, 2.24) is 9.96 Å². The van der Waals surface area contributed by atoms with Crippen molar-refractivity contribution in [1.29, 1.82) is 0 Å². The minimum Gasteiger partial charge on any atom is -0.390 e. The first-order valence-electron chi connectivity index (χ1n) is 14.5. The molecule has 1 amide bonds. The molecule has 4 aliphatic carbocycles. The van der Waals surface area contributed by atoms with Crippen molar-refractivity contribution >= 4 is 11.7 Å². The molecule has 6 rings (SSSR count). The fraction of sp³-hybridized carbons (Fsp3) is 0.625. The van der Waals surface area contributed by atoms with Gasteiger partial charge in [0.2, 0.25) is 0 Å². The highest BCUT2D eigenvalue weighted by molar-refractivity contribution is 6.01. The number of aliphatic hydroxyl groups excluding tert-OH is 1. The molecule has 8 heteroatoms. The summed E-state index contributed by atoms with van der Waals surface area (Å²) in [6.45, 7) is 4.72. The second kappa shape index (κ2) is 9.30. The van der Waals surface area contributed by atoms with E-state index in [1.165, 1.54) is 28.7 Å². The van der Waals surface area contributed by atoms with Gasteiger partial charge in [-0.1, -0.05) is 43.3 Å². The standard InChI is InChI=1S/C32H40F2N2O4/c1-29-13-12-22(37)16-25(29)26(33)17-24-23-15-21-19-36(14-8-11-20-9-6-5-7-10-20)40-32(21,28(39)35(3)4)30(23,2)18-27(38)31(24,29)34/h5-7,9-10,12-13,16,21,23-24,26-27,38H,8,11,14-15,17-19H2,1-4H3/t21-,23-,24-,26-,27-,29-,30-,31-,32-/m0/s1. The van der Waals surface area contributed by atoms with Crippen molar-refractivity contribution in [3.63, 3.8) is 0 Å². The number of fused-ring (bicyclic) bond motifs is 7. The summed E-state index contributed by atoms with van der Waals surface area (Å²) in [5.41, 5.74) is -4.43. The maximum atomic E-state index is 17.5. The topological polar surface area (TPSA) is 70.1 Å². The van der Waals surface area contributed by atoms with Gasteiger partial charge in [0.05, 0.1) is 6.10 Å². The highest BCUT2D eigenvalue weighted by Crippen LogP contribution is 2.72. The summed E-state index contributed by atoms with van der Waals surface area (Å²) < 4.78 is 33.3. The van der Waals surface area contributed by atoms with Crippen molar-refractivity contribution in [3.8, 4) is 0 Å². The zero-order valence-corrected chi connectivity index (χ0v) is 23.8. The molecule has 1 aromatic rings. The number of amides is 1. The number of likely N-dealkylation sites (N-methyl/N-ethyl adjacent to an activating group) is 1. The molecule has 1 saturated heterocycles. The third kappa shape index (κ3) is 3.54. The van der Waals surface area contributed by atoms with Crippen molar-refractivity contribution in [2.45, 2.75) is 69.5 Å². The third-order valence-corrected chi connectivity index (χ3v) is 11.1. The molecule has 9 atom stereocenters. The summed E-state index contributed by atoms with van der Waals surface area (Å²) in [6, 6.07) is 10.2. The van der Waals surface area contributed by atoms with Gasteiger partial charge in [-0.25, -0.2) is 8.78 Å². The van der Waals surface area contributed by atoms with E-state index in [0.29, 0.717) is 19.5 Å². The number of rotatable bonds is 5. The van der Waals surface area contributed by atoms with Crippen molar-refractivity contribution in [3.05, 3.63) is 59.7 Å². The lowest BCUT2D eigenvalue weighted by atomic mass is 9.44. The SMILES string of the molecule is CN(C)C(=O)[C@@]12ON(CCCc3ccccc3)C[C@@H]1C[C@H]1[C@@H]3C[C@H](F)C4=CC(=O)C=C[C@]4(C)[C@@]3(F)[C@@H](O)C[C@@]12C. The van der Waals surface area contributed by atoms with E-state index < -0.39 is 40.3 Å². The summed E-state index contributed by atoms with van der Waals surface area (Å²) in [5, 5.41) is 13.6. The van der Waals surface area contributed by atoms with Crippen molar-refractivity contribution in [2.75, 3.05) is 27.2 Å². The molecule has 0 unspecified atom stereocenters. The van der Waals surface area contributed by atoms with Crippen LogP contribution in [0.25, 0.3) is 0 Å². The number of aliphatic hydroxyl groups is 1. The number of carbonyl (C=O) groups is 2. The summed E-state index contributed by atoms with van der Waals surface area (Å²) in [6.07, 6.45) is 3.12. The van der Waals surface area contributed by atoms with Crippen LogP contribution in [0.2, 0.25) is 0 Å². The van der Waals surface area contributed by atoms with Crippen LogP contribution in [-0.2, 0) is 20.8 Å². The number of halogens is 2. The highest BCUT2D eigenvalue weighted by atomic mass is 19.1. The van der Waals surface area contributed by atoms with E-state index in [2.05, 4.69) is 12.1 Å². The summed E-state index contributed by atoms with van der Waals surface area (Å²) in [4.78, 5) is 34.4. The maximum absolute atomic E-state index is 17.5. The number of nitrogens with zero attached hydrogens (tertiary/aromatic N) is 2. The lowest BCUT2D eigenvalue weighted by Crippen LogP contribution is -2.71. The second-order valence-corrected chi connectivity index (χ2v) is 13.3. The fourth-order valence-corrected chi connectivity index (χ4v) is 9.25. The van der Waals surface area contributed by atoms with Crippen LogP contribution in [0.3, 0.4) is 0 Å². The Balaban J connectivity index is 1.33. The van der Waals surface area contributed by atoms with Gasteiger partial charge in [0.15, 0.2) is 17.1 Å². The van der Waals surface area contributed by atoms with Crippen LogP contribution < -0.4 is 0 Å². The largest absolute Gasteiger partial charge is 0.390 e. The monoisotopic (exact) mass is 554 g/mol. The molecular weight excluding hydrogens is 514 g/mol. The van der Waals surface area contributed by atoms with Gasteiger partial charge in [0.25, 0.3) is 5.91 Å².